The summed E-state index contributed by atoms with van der Waals surface area (Å²) in [6.07, 6.45) is 1.07. The minimum Gasteiger partial charge on any atom is -0.352 e. The summed E-state index contributed by atoms with van der Waals surface area (Å²) < 4.78 is 23.0. The molecule has 9 heteroatoms. The van der Waals surface area contributed by atoms with Crippen LogP contribution in [0.4, 0.5) is 11.9 Å². The van der Waals surface area contributed by atoms with Gasteiger partial charge in [-0.2, -0.15) is 15.0 Å². The minimum atomic E-state index is -3.46. The molecule has 0 aromatic carbocycles. The zero-order valence-electron chi connectivity index (χ0n) is 12.2. The van der Waals surface area contributed by atoms with Crippen molar-refractivity contribution in [1.29, 1.82) is 0 Å². The number of hydrogen-bond donors (Lipinski definition) is 2. The summed E-state index contributed by atoms with van der Waals surface area (Å²) in [7, 11) is -3.46. The van der Waals surface area contributed by atoms with Gasteiger partial charge in [-0.25, -0.2) is 8.42 Å². The molecule has 0 spiro atoms. The normalized spacial score (nSPS) is 11.3. The Morgan fingerprint density at radius 3 is 1.53 bits per heavy atom. The molecule has 0 atom stereocenters. The topological polar surface area (TPSA) is 96.9 Å². The van der Waals surface area contributed by atoms with Crippen LogP contribution in [0.25, 0.3) is 0 Å². The molecule has 1 aromatic heterocycles. The van der Waals surface area contributed by atoms with Crippen molar-refractivity contribution in [1.82, 2.24) is 15.0 Å². The maximum Gasteiger partial charge on any atom is 1.00 e. The van der Waals surface area contributed by atoms with Gasteiger partial charge in [-0.05, 0) is 27.7 Å². The molecule has 0 fully saturated rings. The van der Waals surface area contributed by atoms with Crippen LogP contribution in [0.1, 0.15) is 27.7 Å². The van der Waals surface area contributed by atoms with Gasteiger partial charge in [-0.3, -0.25) is 0 Å². The van der Waals surface area contributed by atoms with Gasteiger partial charge in [0, 0.05) is 18.3 Å². The smallest absolute Gasteiger partial charge is 0.352 e. The fraction of sp³-hybridized carbons (Fsp3) is 0.700. The van der Waals surface area contributed by atoms with Crippen LogP contribution in [0.5, 0.6) is 0 Å². The minimum absolute atomic E-state index is 0. The largest absolute Gasteiger partial charge is 1.00 e. The average molecular weight is 296 g/mol. The first-order valence-corrected chi connectivity index (χ1v) is 7.57. The van der Waals surface area contributed by atoms with Crippen LogP contribution in [0, 0.1) is 0 Å². The molecule has 1 heterocycles. The first-order valence-electron chi connectivity index (χ1n) is 5.67. The summed E-state index contributed by atoms with van der Waals surface area (Å²) in [5, 5.41) is 5.70. The third kappa shape index (κ3) is 6.51. The average Bonchev–Trinajstić information content (AvgIpc) is 2.13. The molecule has 0 aliphatic heterocycles. The van der Waals surface area contributed by atoms with Crippen LogP contribution < -0.4 is 40.2 Å². The van der Waals surface area contributed by atoms with E-state index in [-0.39, 0.29) is 58.7 Å². The van der Waals surface area contributed by atoms with Gasteiger partial charge in [0.1, 0.15) is 0 Å². The van der Waals surface area contributed by atoms with Gasteiger partial charge in [-0.1, -0.05) is 0 Å². The molecule has 0 amide bonds. The summed E-state index contributed by atoms with van der Waals surface area (Å²) in [5.41, 5.74) is 0. The van der Waals surface area contributed by atoms with Crippen LogP contribution in [0.2, 0.25) is 0 Å². The summed E-state index contributed by atoms with van der Waals surface area (Å²) in [6, 6.07) is 0.207. The van der Waals surface area contributed by atoms with Crippen molar-refractivity contribution in [3.05, 3.63) is 0 Å². The molecule has 1 rings (SSSR count). The van der Waals surface area contributed by atoms with Gasteiger partial charge in [0.25, 0.3) is 5.16 Å². The van der Waals surface area contributed by atoms with Crippen LogP contribution in [0.3, 0.4) is 0 Å². The standard InChI is InChI=1S/C10H19N5O2S.Na/c1-6(2)11-8-13-9(12-7(3)4)15-10(14-8)18(5,16)17;/h6-7H,1-5H3,(H2,11,12,13,14,15);/q;+1. The molecule has 0 saturated carbocycles. The van der Waals surface area contributed by atoms with E-state index in [0.717, 1.165) is 6.26 Å². The predicted octanol–water partition coefficient (Wildman–Crippen LogP) is -2.08. The second-order valence-electron chi connectivity index (χ2n) is 4.64. The van der Waals surface area contributed by atoms with Crippen molar-refractivity contribution < 1.29 is 38.0 Å². The van der Waals surface area contributed by atoms with E-state index in [1.54, 1.807) is 0 Å². The van der Waals surface area contributed by atoms with Gasteiger partial charge in [0.2, 0.25) is 21.7 Å². The summed E-state index contributed by atoms with van der Waals surface area (Å²) in [6.45, 7) is 7.66. The van der Waals surface area contributed by atoms with E-state index >= 15 is 0 Å². The van der Waals surface area contributed by atoms with Crippen molar-refractivity contribution in [3.63, 3.8) is 0 Å². The third-order valence-corrected chi connectivity index (χ3v) is 2.63. The van der Waals surface area contributed by atoms with Crippen LogP contribution in [0.15, 0.2) is 5.16 Å². The quantitative estimate of drug-likeness (QED) is 0.602. The molecule has 0 aliphatic carbocycles. The summed E-state index contributed by atoms with van der Waals surface area (Å²) >= 11 is 0. The molecule has 7 nitrogen and oxygen atoms in total. The van der Waals surface area contributed by atoms with E-state index in [2.05, 4.69) is 25.6 Å². The maximum absolute atomic E-state index is 11.5. The Bertz CT molecular complexity index is 490. The van der Waals surface area contributed by atoms with E-state index in [0.29, 0.717) is 0 Å². The third-order valence-electron chi connectivity index (χ3n) is 1.78. The van der Waals surface area contributed by atoms with Crippen molar-refractivity contribution >= 4 is 21.7 Å². The number of aromatic nitrogens is 3. The first-order chi connectivity index (χ1) is 8.18. The summed E-state index contributed by atoms with van der Waals surface area (Å²) in [4.78, 5) is 11.9. The zero-order chi connectivity index (χ0) is 13.9. The second kappa shape index (κ2) is 7.37. The molecule has 102 valence electrons. The Kier molecular flexibility index (Phi) is 7.20. The van der Waals surface area contributed by atoms with Crippen LogP contribution in [-0.4, -0.2) is 41.7 Å². The van der Waals surface area contributed by atoms with E-state index in [9.17, 15) is 8.42 Å². The van der Waals surface area contributed by atoms with Crippen LogP contribution >= 0.6 is 0 Å². The summed E-state index contributed by atoms with van der Waals surface area (Å²) in [5.74, 6) is 0.507. The monoisotopic (exact) mass is 296 g/mol. The molecule has 1 aromatic rings. The number of rotatable bonds is 5. The van der Waals surface area contributed by atoms with Crippen molar-refractivity contribution in [3.8, 4) is 0 Å². The van der Waals surface area contributed by atoms with E-state index in [4.69, 9.17) is 0 Å². The molecule has 0 bridgehead atoms. The van der Waals surface area contributed by atoms with Gasteiger partial charge in [0.05, 0.1) is 0 Å². The van der Waals surface area contributed by atoms with Crippen molar-refractivity contribution in [2.45, 2.75) is 44.9 Å². The van der Waals surface area contributed by atoms with Crippen molar-refractivity contribution in [2.24, 2.45) is 0 Å². The maximum atomic E-state index is 11.5. The fourth-order valence-corrected chi connectivity index (χ4v) is 1.67. The van der Waals surface area contributed by atoms with Gasteiger partial charge < -0.3 is 10.6 Å². The fourth-order valence-electron chi connectivity index (χ4n) is 1.17. The number of nitrogens with one attached hydrogen (secondary N) is 2. The number of anilines is 2. The van der Waals surface area contributed by atoms with Crippen molar-refractivity contribution in [2.75, 3.05) is 16.9 Å². The molecular formula is C10H19N5NaO2S+. The van der Waals surface area contributed by atoms with E-state index < -0.39 is 9.84 Å². The second-order valence-corrected chi connectivity index (χ2v) is 6.54. The Morgan fingerprint density at radius 1 is 0.895 bits per heavy atom. The number of sulfone groups is 1. The Balaban J connectivity index is 0.00000324. The number of hydrogen-bond acceptors (Lipinski definition) is 7. The Hall–Kier alpha value is -0.440. The zero-order valence-corrected chi connectivity index (χ0v) is 15.0. The molecular weight excluding hydrogens is 277 g/mol. The first kappa shape index (κ1) is 18.6. The van der Waals surface area contributed by atoms with E-state index in [1.165, 1.54) is 0 Å². The predicted molar refractivity (Wildman–Crippen MR) is 70.5 cm³/mol. The Labute approximate surface area is 136 Å². The molecule has 0 unspecified atom stereocenters. The molecule has 0 radical (unpaired) electrons. The van der Waals surface area contributed by atoms with E-state index in [1.807, 2.05) is 27.7 Å². The van der Waals surface area contributed by atoms with Crippen LogP contribution in [-0.2, 0) is 9.84 Å². The molecule has 19 heavy (non-hydrogen) atoms. The molecule has 0 saturated heterocycles. The molecule has 2 N–H and O–H groups in total. The van der Waals surface area contributed by atoms with Gasteiger partial charge >= 0.3 is 29.6 Å². The number of nitrogens with zero attached hydrogens (tertiary/aromatic N) is 3. The Morgan fingerprint density at radius 2 is 1.26 bits per heavy atom. The van der Waals surface area contributed by atoms with Gasteiger partial charge in [0.15, 0.2) is 0 Å². The molecule has 0 aliphatic rings. The van der Waals surface area contributed by atoms with Gasteiger partial charge in [-0.15, -0.1) is 0 Å². The SMILES string of the molecule is CC(C)Nc1nc(NC(C)C)nc(S(C)(=O)=O)n1.[Na+].